The lowest BCUT2D eigenvalue weighted by molar-refractivity contribution is -0.00736. The molecule has 2 aromatic rings. The summed E-state index contributed by atoms with van der Waals surface area (Å²) < 4.78 is 16.1. The Labute approximate surface area is 154 Å². The average Bonchev–Trinajstić information content (AvgIpc) is 3.03. The number of nitrogens with zero attached hydrogens (tertiary/aromatic N) is 2. The molecule has 1 fully saturated rings. The number of rotatable bonds is 6. The number of ether oxygens (including phenoxy) is 2. The van der Waals surface area contributed by atoms with Crippen LogP contribution in [0.5, 0.6) is 0 Å². The lowest BCUT2D eigenvalue weighted by Crippen LogP contribution is -2.48. The number of carbonyl (C=O) groups is 1. The zero-order valence-corrected chi connectivity index (χ0v) is 15.6. The summed E-state index contributed by atoms with van der Waals surface area (Å²) in [6.45, 7) is 3.36. The van der Waals surface area contributed by atoms with E-state index in [1.165, 1.54) is 5.56 Å². The number of aryl methyl sites for hydroxylation is 1. The van der Waals surface area contributed by atoms with Crippen molar-refractivity contribution in [3.05, 3.63) is 52.9 Å². The maximum Gasteiger partial charge on any atom is 0.276 e. The third-order valence-corrected chi connectivity index (χ3v) is 5.10. The van der Waals surface area contributed by atoms with E-state index in [0.29, 0.717) is 37.1 Å². The van der Waals surface area contributed by atoms with Gasteiger partial charge in [0.15, 0.2) is 5.69 Å². The number of hydrogen-bond donors (Lipinski definition) is 0. The number of carbonyl (C=O) groups excluding carboxylic acids is 1. The van der Waals surface area contributed by atoms with Gasteiger partial charge in [-0.2, -0.15) is 0 Å². The molecule has 1 saturated heterocycles. The van der Waals surface area contributed by atoms with E-state index in [0.717, 1.165) is 18.4 Å². The number of benzene rings is 1. The Hall–Kier alpha value is -2.18. The van der Waals surface area contributed by atoms with Gasteiger partial charge in [0.2, 0.25) is 0 Å². The van der Waals surface area contributed by atoms with Gasteiger partial charge in [-0.3, -0.25) is 4.79 Å². The van der Waals surface area contributed by atoms with Crippen molar-refractivity contribution in [3.63, 3.8) is 0 Å². The van der Waals surface area contributed by atoms with Crippen molar-refractivity contribution in [2.24, 2.45) is 5.92 Å². The van der Waals surface area contributed by atoms with Gasteiger partial charge < -0.3 is 18.9 Å². The first kappa shape index (κ1) is 18.6. The molecule has 0 aliphatic carbocycles. The summed E-state index contributed by atoms with van der Waals surface area (Å²) in [5.74, 6) is 0.899. The molecule has 0 unspecified atom stereocenters. The summed E-state index contributed by atoms with van der Waals surface area (Å²) in [5, 5.41) is 3.96. The quantitative estimate of drug-likeness (QED) is 0.794. The van der Waals surface area contributed by atoms with Crippen LogP contribution < -0.4 is 0 Å². The second-order valence-electron chi connectivity index (χ2n) is 6.76. The number of likely N-dealkylation sites (tertiary alicyclic amines) is 1. The predicted octanol–water partition coefficient (Wildman–Crippen LogP) is 2.85. The van der Waals surface area contributed by atoms with E-state index in [1.54, 1.807) is 21.1 Å². The minimum absolute atomic E-state index is 0.00628. The lowest BCUT2D eigenvalue weighted by Gasteiger charge is -2.37. The van der Waals surface area contributed by atoms with Crippen molar-refractivity contribution in [2.45, 2.75) is 32.5 Å². The number of hydrogen-bond acceptors (Lipinski definition) is 5. The van der Waals surface area contributed by atoms with Gasteiger partial charge >= 0.3 is 0 Å². The van der Waals surface area contributed by atoms with Crippen LogP contribution in [0.4, 0.5) is 0 Å². The Kier molecular flexibility index (Phi) is 6.06. The minimum atomic E-state index is -0.117. The number of aromatic nitrogens is 1. The maximum absolute atomic E-state index is 12.9. The molecule has 1 aromatic heterocycles. The highest BCUT2D eigenvalue weighted by molar-refractivity contribution is 5.93. The monoisotopic (exact) mass is 358 g/mol. The third-order valence-electron chi connectivity index (χ3n) is 5.10. The van der Waals surface area contributed by atoms with E-state index in [4.69, 9.17) is 14.0 Å². The average molecular weight is 358 g/mol. The smallest absolute Gasteiger partial charge is 0.276 e. The van der Waals surface area contributed by atoms with Crippen LogP contribution in [0.15, 0.2) is 34.9 Å². The van der Waals surface area contributed by atoms with E-state index < -0.39 is 0 Å². The molecule has 3 rings (SSSR count). The Balaban J connectivity index is 1.69. The van der Waals surface area contributed by atoms with E-state index in [2.05, 4.69) is 29.4 Å². The molecule has 0 spiro atoms. The van der Waals surface area contributed by atoms with Crippen LogP contribution in [-0.2, 0) is 22.5 Å². The zero-order chi connectivity index (χ0) is 18.5. The highest BCUT2D eigenvalue weighted by Crippen LogP contribution is 2.26. The summed E-state index contributed by atoms with van der Waals surface area (Å²) in [7, 11) is 3.31. The van der Waals surface area contributed by atoms with Crippen LogP contribution in [0.1, 0.15) is 33.8 Å². The van der Waals surface area contributed by atoms with Crippen molar-refractivity contribution in [2.75, 3.05) is 27.3 Å². The maximum atomic E-state index is 12.9. The Morgan fingerprint density at radius 2 is 2.08 bits per heavy atom. The van der Waals surface area contributed by atoms with Crippen LogP contribution in [0.3, 0.4) is 0 Å². The normalized spacial score (nSPS) is 20.3. The molecule has 0 N–H and O–H groups in total. The second-order valence-corrected chi connectivity index (χ2v) is 6.76. The fourth-order valence-electron chi connectivity index (χ4n) is 3.59. The largest absolute Gasteiger partial charge is 0.380 e. The molecule has 1 aromatic carbocycles. The summed E-state index contributed by atoms with van der Waals surface area (Å²) in [5.41, 5.74) is 2.37. The molecular weight excluding hydrogens is 332 g/mol. The molecular formula is C20H26N2O4. The molecule has 6 nitrogen and oxygen atoms in total. The number of methoxy groups -OCH3 is 2. The van der Waals surface area contributed by atoms with E-state index in [1.807, 2.05) is 11.0 Å². The lowest BCUT2D eigenvalue weighted by atomic mass is 9.87. The summed E-state index contributed by atoms with van der Waals surface area (Å²) in [6, 6.07) is 10.4. The van der Waals surface area contributed by atoms with Crippen molar-refractivity contribution in [1.29, 1.82) is 0 Å². The van der Waals surface area contributed by atoms with Crippen molar-refractivity contribution in [1.82, 2.24) is 10.1 Å². The van der Waals surface area contributed by atoms with Gasteiger partial charge in [0.05, 0.1) is 18.3 Å². The van der Waals surface area contributed by atoms with Gasteiger partial charge in [-0.05, 0) is 31.2 Å². The fourth-order valence-corrected chi connectivity index (χ4v) is 3.59. The predicted molar refractivity (Wildman–Crippen MR) is 96.9 cm³/mol. The topological polar surface area (TPSA) is 64.8 Å². The fraction of sp³-hybridized carbons (Fsp3) is 0.500. The molecule has 2 heterocycles. The SMILES string of the molecule is COCc1c(C(=O)N2CC[C@H](Cc3ccccc3)[C@H](OC)C2)noc1C. The van der Waals surface area contributed by atoms with Gasteiger partial charge in [0.25, 0.3) is 5.91 Å². The van der Waals surface area contributed by atoms with Gasteiger partial charge in [0.1, 0.15) is 5.76 Å². The Bertz CT molecular complexity index is 729. The summed E-state index contributed by atoms with van der Waals surface area (Å²) in [4.78, 5) is 14.7. The zero-order valence-electron chi connectivity index (χ0n) is 15.6. The van der Waals surface area contributed by atoms with E-state index in [9.17, 15) is 4.79 Å². The van der Waals surface area contributed by atoms with E-state index in [-0.39, 0.29) is 12.0 Å². The van der Waals surface area contributed by atoms with Gasteiger partial charge in [0, 0.05) is 27.3 Å². The number of amides is 1. The van der Waals surface area contributed by atoms with Crippen molar-refractivity contribution >= 4 is 5.91 Å². The molecule has 2 atom stereocenters. The Morgan fingerprint density at radius 3 is 2.77 bits per heavy atom. The van der Waals surface area contributed by atoms with Gasteiger partial charge in [-0.1, -0.05) is 35.5 Å². The minimum Gasteiger partial charge on any atom is -0.380 e. The third kappa shape index (κ3) is 3.97. The molecule has 6 heteroatoms. The Morgan fingerprint density at radius 1 is 1.31 bits per heavy atom. The van der Waals surface area contributed by atoms with Gasteiger partial charge in [-0.25, -0.2) is 0 Å². The van der Waals surface area contributed by atoms with Crippen LogP contribution in [-0.4, -0.2) is 49.4 Å². The van der Waals surface area contributed by atoms with E-state index >= 15 is 0 Å². The second kappa shape index (κ2) is 8.47. The molecule has 0 radical (unpaired) electrons. The standard InChI is InChI=1S/C20H26N2O4/c1-14-17(13-24-2)19(21-26-14)20(23)22-10-9-16(18(12-22)25-3)11-15-7-5-4-6-8-15/h4-8,16,18H,9-13H2,1-3H3/t16-,18-/m1/s1. The molecule has 1 aliphatic heterocycles. The van der Waals surface area contributed by atoms with Crippen LogP contribution in [0, 0.1) is 12.8 Å². The highest BCUT2D eigenvalue weighted by Gasteiger charge is 2.34. The summed E-state index contributed by atoms with van der Waals surface area (Å²) in [6.07, 6.45) is 1.86. The molecule has 1 amide bonds. The molecule has 0 saturated carbocycles. The molecule has 26 heavy (non-hydrogen) atoms. The highest BCUT2D eigenvalue weighted by atomic mass is 16.5. The van der Waals surface area contributed by atoms with Crippen LogP contribution in [0.2, 0.25) is 0 Å². The first-order valence-corrected chi connectivity index (χ1v) is 8.94. The van der Waals surface area contributed by atoms with Gasteiger partial charge in [-0.15, -0.1) is 0 Å². The molecule has 140 valence electrons. The number of piperidine rings is 1. The van der Waals surface area contributed by atoms with Crippen molar-refractivity contribution < 1.29 is 18.8 Å². The first-order chi connectivity index (χ1) is 12.6. The first-order valence-electron chi connectivity index (χ1n) is 8.94. The molecule has 1 aliphatic rings. The van der Waals surface area contributed by atoms with Crippen LogP contribution in [0.25, 0.3) is 0 Å². The molecule has 0 bridgehead atoms. The van der Waals surface area contributed by atoms with Crippen molar-refractivity contribution in [3.8, 4) is 0 Å². The summed E-state index contributed by atoms with van der Waals surface area (Å²) >= 11 is 0. The van der Waals surface area contributed by atoms with Crippen LogP contribution >= 0.6 is 0 Å².